The fourth-order valence-corrected chi connectivity index (χ4v) is 1.56. The van der Waals surface area contributed by atoms with E-state index in [1.165, 1.54) is 0 Å². The van der Waals surface area contributed by atoms with Gasteiger partial charge in [0.15, 0.2) is 0 Å². The van der Waals surface area contributed by atoms with Crippen molar-refractivity contribution in [1.82, 2.24) is 10.2 Å². The Balaban J connectivity index is 2.57. The van der Waals surface area contributed by atoms with Crippen LogP contribution >= 0.6 is 0 Å². The number of hydrogen-bond donors (Lipinski definition) is 2. The van der Waals surface area contributed by atoms with Crippen molar-refractivity contribution >= 4 is 6.03 Å². The number of urea groups is 1. The van der Waals surface area contributed by atoms with Gasteiger partial charge in [-0.1, -0.05) is 13.8 Å². The van der Waals surface area contributed by atoms with Crippen molar-refractivity contribution in [2.75, 3.05) is 19.6 Å². The fourth-order valence-electron chi connectivity index (χ4n) is 1.56. The number of rotatable bonds is 3. The third-order valence-corrected chi connectivity index (χ3v) is 2.26. The molecule has 0 saturated carbocycles. The Kier molecular flexibility index (Phi) is 2.92. The molecule has 1 unspecified atom stereocenters. The van der Waals surface area contributed by atoms with E-state index in [-0.39, 0.29) is 6.03 Å². The van der Waals surface area contributed by atoms with E-state index in [0.717, 1.165) is 6.54 Å². The molecule has 0 aromatic heterocycles. The second kappa shape index (κ2) is 3.76. The summed E-state index contributed by atoms with van der Waals surface area (Å²) in [4.78, 5) is 13.1. The van der Waals surface area contributed by atoms with Gasteiger partial charge in [0.05, 0.1) is 6.04 Å². The molecule has 1 heterocycles. The molecule has 1 aliphatic heterocycles. The number of nitrogens with zero attached hydrogens (tertiary/aromatic N) is 1. The van der Waals surface area contributed by atoms with E-state index in [9.17, 15) is 4.79 Å². The van der Waals surface area contributed by atoms with E-state index in [1.807, 2.05) is 4.90 Å². The van der Waals surface area contributed by atoms with Crippen LogP contribution in [0.3, 0.4) is 0 Å². The van der Waals surface area contributed by atoms with Gasteiger partial charge in [-0.3, -0.25) is 0 Å². The first-order valence-electron chi connectivity index (χ1n) is 4.41. The second-order valence-electron chi connectivity index (χ2n) is 3.48. The molecule has 0 bridgehead atoms. The summed E-state index contributed by atoms with van der Waals surface area (Å²) in [7, 11) is 0. The minimum Gasteiger partial charge on any atom is -0.336 e. The molecule has 1 atom stereocenters. The molecule has 1 rings (SSSR count). The van der Waals surface area contributed by atoms with Crippen molar-refractivity contribution < 1.29 is 4.79 Å². The van der Waals surface area contributed by atoms with Gasteiger partial charge in [-0.2, -0.15) is 0 Å². The predicted molar refractivity (Wildman–Crippen MR) is 47.8 cm³/mol. The SMILES string of the molecule is CC(C)C1CNC(=O)N1CCN. The molecule has 0 spiro atoms. The first-order chi connectivity index (χ1) is 5.66. The van der Waals surface area contributed by atoms with E-state index >= 15 is 0 Å². The van der Waals surface area contributed by atoms with Crippen molar-refractivity contribution in [2.45, 2.75) is 19.9 Å². The second-order valence-corrected chi connectivity index (χ2v) is 3.48. The summed E-state index contributed by atoms with van der Waals surface area (Å²) >= 11 is 0. The monoisotopic (exact) mass is 171 g/mol. The molecule has 2 amide bonds. The number of carbonyl (C=O) groups excluding carboxylic acids is 1. The van der Waals surface area contributed by atoms with E-state index in [4.69, 9.17) is 5.73 Å². The largest absolute Gasteiger partial charge is 0.336 e. The molecule has 12 heavy (non-hydrogen) atoms. The highest BCUT2D eigenvalue weighted by atomic mass is 16.2. The van der Waals surface area contributed by atoms with Crippen molar-refractivity contribution in [3.63, 3.8) is 0 Å². The van der Waals surface area contributed by atoms with Gasteiger partial charge in [0.1, 0.15) is 0 Å². The maximum atomic E-state index is 11.2. The molecule has 3 N–H and O–H groups in total. The third kappa shape index (κ3) is 1.69. The van der Waals surface area contributed by atoms with E-state index < -0.39 is 0 Å². The molecule has 0 aromatic carbocycles. The Bertz CT molecular complexity index is 170. The summed E-state index contributed by atoms with van der Waals surface area (Å²) in [5.74, 6) is 0.496. The van der Waals surface area contributed by atoms with Crippen molar-refractivity contribution in [2.24, 2.45) is 11.7 Å². The first kappa shape index (κ1) is 9.32. The summed E-state index contributed by atoms with van der Waals surface area (Å²) in [6.07, 6.45) is 0. The van der Waals surface area contributed by atoms with Gasteiger partial charge in [0, 0.05) is 19.6 Å². The Morgan fingerprint density at radius 1 is 1.75 bits per heavy atom. The minimum atomic E-state index is 0.0270. The molecule has 4 heteroatoms. The van der Waals surface area contributed by atoms with Crippen LogP contribution in [0, 0.1) is 5.92 Å². The molecule has 0 aromatic rings. The van der Waals surface area contributed by atoms with E-state index in [0.29, 0.717) is 25.0 Å². The van der Waals surface area contributed by atoms with Crippen molar-refractivity contribution in [1.29, 1.82) is 0 Å². The Hall–Kier alpha value is -0.770. The van der Waals surface area contributed by atoms with Crippen molar-refractivity contribution in [3.8, 4) is 0 Å². The Morgan fingerprint density at radius 3 is 2.92 bits per heavy atom. The van der Waals surface area contributed by atoms with Gasteiger partial charge in [-0.15, -0.1) is 0 Å². The quantitative estimate of drug-likeness (QED) is 0.627. The Labute approximate surface area is 73.1 Å². The van der Waals surface area contributed by atoms with Crippen LogP contribution in [0.5, 0.6) is 0 Å². The van der Waals surface area contributed by atoms with Crippen LogP contribution in [0.4, 0.5) is 4.79 Å². The van der Waals surface area contributed by atoms with Gasteiger partial charge < -0.3 is 16.0 Å². The zero-order valence-electron chi connectivity index (χ0n) is 7.71. The van der Waals surface area contributed by atoms with Crippen LogP contribution in [0.2, 0.25) is 0 Å². The van der Waals surface area contributed by atoms with Gasteiger partial charge in [0.25, 0.3) is 0 Å². The normalized spacial score (nSPS) is 23.5. The number of hydrogen-bond acceptors (Lipinski definition) is 2. The van der Waals surface area contributed by atoms with Crippen LogP contribution in [0.25, 0.3) is 0 Å². The van der Waals surface area contributed by atoms with Gasteiger partial charge in [0.2, 0.25) is 0 Å². The lowest BCUT2D eigenvalue weighted by Gasteiger charge is -2.25. The average Bonchev–Trinajstić information content (AvgIpc) is 2.34. The van der Waals surface area contributed by atoms with Crippen molar-refractivity contribution in [3.05, 3.63) is 0 Å². The summed E-state index contributed by atoms with van der Waals surface area (Å²) in [5.41, 5.74) is 5.41. The van der Waals surface area contributed by atoms with Crippen LogP contribution in [0.15, 0.2) is 0 Å². The summed E-state index contributed by atoms with van der Waals surface area (Å²) in [6.45, 7) is 6.20. The lowest BCUT2D eigenvalue weighted by Crippen LogP contribution is -2.40. The number of amides is 2. The number of nitrogens with two attached hydrogens (primary N) is 1. The molecular weight excluding hydrogens is 154 g/mol. The number of carbonyl (C=O) groups is 1. The lowest BCUT2D eigenvalue weighted by atomic mass is 10.0. The van der Waals surface area contributed by atoms with Gasteiger partial charge in [-0.05, 0) is 5.92 Å². The van der Waals surface area contributed by atoms with Gasteiger partial charge >= 0.3 is 6.03 Å². The first-order valence-corrected chi connectivity index (χ1v) is 4.41. The lowest BCUT2D eigenvalue weighted by molar-refractivity contribution is 0.192. The molecular formula is C8H17N3O. The molecule has 1 saturated heterocycles. The van der Waals surface area contributed by atoms with Crippen LogP contribution < -0.4 is 11.1 Å². The predicted octanol–water partition coefficient (Wildman–Crippen LogP) is -0.00510. The maximum Gasteiger partial charge on any atom is 0.317 e. The summed E-state index contributed by atoms with van der Waals surface area (Å²) in [6, 6.07) is 0.347. The molecule has 1 fully saturated rings. The maximum absolute atomic E-state index is 11.2. The third-order valence-electron chi connectivity index (χ3n) is 2.26. The molecule has 4 nitrogen and oxygen atoms in total. The smallest absolute Gasteiger partial charge is 0.317 e. The summed E-state index contributed by atoms with van der Waals surface area (Å²) < 4.78 is 0. The molecule has 70 valence electrons. The fraction of sp³-hybridized carbons (Fsp3) is 0.875. The minimum absolute atomic E-state index is 0.0270. The highest BCUT2D eigenvalue weighted by Crippen LogP contribution is 2.14. The highest BCUT2D eigenvalue weighted by Gasteiger charge is 2.31. The van der Waals surface area contributed by atoms with Gasteiger partial charge in [-0.25, -0.2) is 4.79 Å². The topological polar surface area (TPSA) is 58.4 Å². The van der Waals surface area contributed by atoms with Crippen LogP contribution in [-0.2, 0) is 0 Å². The van der Waals surface area contributed by atoms with Crippen LogP contribution in [-0.4, -0.2) is 36.6 Å². The highest BCUT2D eigenvalue weighted by molar-refractivity contribution is 5.76. The van der Waals surface area contributed by atoms with E-state index in [2.05, 4.69) is 19.2 Å². The molecule has 0 radical (unpaired) electrons. The zero-order chi connectivity index (χ0) is 9.14. The standard InChI is InChI=1S/C8H17N3O/c1-6(2)7-5-10-8(12)11(7)4-3-9/h6-7H,3-5,9H2,1-2H3,(H,10,12). The molecule has 1 aliphatic rings. The zero-order valence-corrected chi connectivity index (χ0v) is 7.71. The molecule has 0 aliphatic carbocycles. The van der Waals surface area contributed by atoms with E-state index in [1.54, 1.807) is 0 Å². The Morgan fingerprint density at radius 2 is 2.42 bits per heavy atom. The average molecular weight is 171 g/mol. The van der Waals surface area contributed by atoms with Crippen LogP contribution in [0.1, 0.15) is 13.8 Å². The number of nitrogens with one attached hydrogen (secondary N) is 1. The summed E-state index contributed by atoms with van der Waals surface area (Å²) in [5, 5.41) is 2.82.